The molecule has 1 aliphatic heterocycles. The number of hydrogen-bond donors (Lipinski definition) is 1. The van der Waals surface area contributed by atoms with Gasteiger partial charge in [-0.3, -0.25) is 9.59 Å². The lowest BCUT2D eigenvalue weighted by molar-refractivity contribution is -0.139. The molecule has 1 fully saturated rings. The summed E-state index contributed by atoms with van der Waals surface area (Å²) in [5.41, 5.74) is 1.10. The molecule has 200 valence electrons. The monoisotopic (exact) mass is 519 g/mol. The number of likely N-dealkylation sites (tertiary alicyclic amines) is 1. The normalized spacial score (nSPS) is 16.6. The van der Waals surface area contributed by atoms with Crippen LogP contribution in [0.15, 0.2) is 66.8 Å². The molecule has 9 heteroatoms. The van der Waals surface area contributed by atoms with Crippen molar-refractivity contribution in [1.29, 1.82) is 0 Å². The highest BCUT2D eigenvalue weighted by Gasteiger charge is 2.46. The van der Waals surface area contributed by atoms with Crippen LogP contribution in [0.1, 0.15) is 44.4 Å². The van der Waals surface area contributed by atoms with Crippen LogP contribution in [-0.2, 0) is 16.1 Å². The Balaban J connectivity index is 1.76. The second-order valence-corrected chi connectivity index (χ2v) is 8.68. The first kappa shape index (κ1) is 26.8. The summed E-state index contributed by atoms with van der Waals surface area (Å²) >= 11 is 0. The summed E-state index contributed by atoms with van der Waals surface area (Å²) in [6.45, 7) is 7.97. The van der Waals surface area contributed by atoms with Crippen molar-refractivity contribution in [3.63, 3.8) is 0 Å². The van der Waals surface area contributed by atoms with Gasteiger partial charge >= 0.3 is 0 Å². The highest BCUT2D eigenvalue weighted by molar-refractivity contribution is 6.46. The maximum absolute atomic E-state index is 13.4. The van der Waals surface area contributed by atoms with E-state index in [1.807, 2.05) is 31.5 Å². The van der Waals surface area contributed by atoms with E-state index < -0.39 is 17.7 Å². The number of aromatic nitrogens is 2. The number of ether oxygens (including phenoxy) is 3. The number of imidazole rings is 1. The summed E-state index contributed by atoms with van der Waals surface area (Å²) < 4.78 is 18.9. The Morgan fingerprint density at radius 3 is 2.29 bits per heavy atom. The summed E-state index contributed by atoms with van der Waals surface area (Å²) in [5, 5.41) is 11.3. The van der Waals surface area contributed by atoms with E-state index in [-0.39, 0.29) is 11.3 Å². The molecular weight excluding hydrogens is 486 g/mol. The quantitative estimate of drug-likeness (QED) is 0.212. The van der Waals surface area contributed by atoms with Gasteiger partial charge in [0.2, 0.25) is 0 Å². The predicted octanol–water partition coefficient (Wildman–Crippen LogP) is 4.59. The molecule has 1 aromatic heterocycles. The number of Topliss-reactive ketones (excluding diaryl/α,β-unsaturated/α-hetero) is 1. The molecule has 2 aromatic carbocycles. The van der Waals surface area contributed by atoms with Crippen molar-refractivity contribution in [3.8, 4) is 17.2 Å². The molecule has 0 spiro atoms. The minimum absolute atomic E-state index is 0.0356. The van der Waals surface area contributed by atoms with E-state index in [2.05, 4.69) is 4.98 Å². The van der Waals surface area contributed by atoms with Crippen LogP contribution in [0.3, 0.4) is 0 Å². The molecule has 4 rings (SSSR count). The minimum Gasteiger partial charge on any atom is -0.507 e. The van der Waals surface area contributed by atoms with E-state index in [1.54, 1.807) is 55.0 Å². The largest absolute Gasteiger partial charge is 0.507 e. The van der Waals surface area contributed by atoms with Gasteiger partial charge in [0.15, 0.2) is 11.5 Å². The summed E-state index contributed by atoms with van der Waals surface area (Å²) in [4.78, 5) is 32.2. The molecule has 0 saturated carbocycles. The number of ketones is 1. The van der Waals surface area contributed by atoms with E-state index in [4.69, 9.17) is 14.2 Å². The number of nitrogens with zero attached hydrogens (tertiary/aromatic N) is 3. The second-order valence-electron chi connectivity index (χ2n) is 8.68. The fraction of sp³-hybridized carbons (Fsp3) is 0.345. The molecular formula is C29H33N3O6. The zero-order valence-corrected chi connectivity index (χ0v) is 21.9. The lowest BCUT2D eigenvalue weighted by Gasteiger charge is -2.26. The lowest BCUT2D eigenvalue weighted by atomic mass is 9.95. The van der Waals surface area contributed by atoms with Gasteiger partial charge in [-0.25, -0.2) is 4.98 Å². The molecule has 0 radical (unpaired) electrons. The van der Waals surface area contributed by atoms with Crippen molar-refractivity contribution in [3.05, 3.63) is 77.9 Å². The van der Waals surface area contributed by atoms with Crippen LogP contribution >= 0.6 is 0 Å². The zero-order valence-electron chi connectivity index (χ0n) is 21.9. The molecule has 1 saturated heterocycles. The summed E-state index contributed by atoms with van der Waals surface area (Å²) in [7, 11) is 0. The highest BCUT2D eigenvalue weighted by atomic mass is 16.5. The zero-order chi connectivity index (χ0) is 27.1. The van der Waals surface area contributed by atoms with Crippen LogP contribution in [0.25, 0.3) is 5.76 Å². The van der Waals surface area contributed by atoms with Crippen molar-refractivity contribution in [2.45, 2.75) is 39.8 Å². The van der Waals surface area contributed by atoms with Gasteiger partial charge in [-0.15, -0.1) is 0 Å². The van der Waals surface area contributed by atoms with E-state index in [9.17, 15) is 14.7 Å². The highest BCUT2D eigenvalue weighted by Crippen LogP contribution is 2.42. The Morgan fingerprint density at radius 1 is 0.921 bits per heavy atom. The first-order valence-corrected chi connectivity index (χ1v) is 12.8. The van der Waals surface area contributed by atoms with Gasteiger partial charge in [0.05, 0.1) is 37.8 Å². The number of aliphatic hydroxyl groups excluding tert-OH is 1. The van der Waals surface area contributed by atoms with Gasteiger partial charge < -0.3 is 28.8 Å². The topological polar surface area (TPSA) is 103 Å². The number of carbonyl (C=O) groups excluding carboxylic acids is 2. The van der Waals surface area contributed by atoms with Crippen LogP contribution in [0.2, 0.25) is 0 Å². The third-order valence-corrected chi connectivity index (χ3v) is 6.24. The molecule has 1 aliphatic rings. The van der Waals surface area contributed by atoms with E-state index in [0.717, 1.165) is 0 Å². The van der Waals surface area contributed by atoms with Crippen molar-refractivity contribution < 1.29 is 28.9 Å². The molecule has 3 aromatic rings. The molecule has 1 atom stereocenters. The Labute approximate surface area is 222 Å². The Bertz CT molecular complexity index is 1280. The van der Waals surface area contributed by atoms with E-state index in [1.165, 1.54) is 4.90 Å². The van der Waals surface area contributed by atoms with Gasteiger partial charge in [-0.05, 0) is 69.2 Å². The Hall–Kier alpha value is -4.27. The third kappa shape index (κ3) is 5.66. The maximum atomic E-state index is 13.4. The number of amides is 1. The molecule has 1 N–H and O–H groups in total. The van der Waals surface area contributed by atoms with Crippen molar-refractivity contribution >= 4 is 17.4 Å². The maximum Gasteiger partial charge on any atom is 0.295 e. The van der Waals surface area contributed by atoms with Crippen LogP contribution in [0.4, 0.5) is 0 Å². The van der Waals surface area contributed by atoms with Crippen LogP contribution in [-0.4, -0.2) is 57.6 Å². The van der Waals surface area contributed by atoms with E-state index >= 15 is 0 Å². The molecule has 9 nitrogen and oxygen atoms in total. The summed E-state index contributed by atoms with van der Waals surface area (Å²) in [6, 6.07) is 11.3. The average molecular weight is 520 g/mol. The SMILES string of the molecule is CCOc1ccc(/C(O)=C2/C(=O)C(=O)N(CCCn3ccnc3)C2c2ccc(OCC)c(OCC)c2)cc1. The van der Waals surface area contributed by atoms with Gasteiger partial charge in [-0.1, -0.05) is 6.07 Å². The van der Waals surface area contributed by atoms with Gasteiger partial charge in [0, 0.05) is 31.0 Å². The second kappa shape index (κ2) is 12.3. The molecule has 38 heavy (non-hydrogen) atoms. The number of carbonyl (C=O) groups is 2. The number of rotatable bonds is 12. The predicted molar refractivity (Wildman–Crippen MR) is 142 cm³/mol. The van der Waals surface area contributed by atoms with Gasteiger partial charge in [0.25, 0.3) is 11.7 Å². The number of aryl methyl sites for hydroxylation is 1. The Morgan fingerprint density at radius 2 is 1.63 bits per heavy atom. The van der Waals surface area contributed by atoms with Crippen LogP contribution < -0.4 is 14.2 Å². The average Bonchev–Trinajstić information content (AvgIpc) is 3.52. The fourth-order valence-corrected chi connectivity index (χ4v) is 4.57. The molecule has 0 aliphatic carbocycles. The summed E-state index contributed by atoms with van der Waals surface area (Å²) in [5.74, 6) is 0.114. The first-order chi connectivity index (χ1) is 18.5. The smallest absolute Gasteiger partial charge is 0.295 e. The molecule has 2 heterocycles. The molecule has 0 bridgehead atoms. The Kier molecular flexibility index (Phi) is 8.68. The minimum atomic E-state index is -0.792. The standard InChI is InChI=1S/C29H33N3O6/c1-4-36-22-11-8-20(9-12-22)27(33)25-26(21-10-13-23(37-5-2)24(18-21)38-6-3)32(29(35)28(25)34)16-7-15-31-17-14-30-19-31/h8-14,17-19,26,33H,4-7,15-16H2,1-3H3/b27-25-. The third-order valence-electron chi connectivity index (χ3n) is 6.24. The number of aliphatic hydroxyl groups is 1. The van der Waals surface area contributed by atoms with E-state index in [0.29, 0.717) is 67.7 Å². The van der Waals surface area contributed by atoms with Gasteiger partial charge in [0.1, 0.15) is 11.5 Å². The van der Waals surface area contributed by atoms with Crippen LogP contribution in [0, 0.1) is 0 Å². The number of benzene rings is 2. The molecule has 1 unspecified atom stereocenters. The summed E-state index contributed by atoms with van der Waals surface area (Å²) in [6.07, 6.45) is 5.84. The first-order valence-electron chi connectivity index (χ1n) is 12.8. The fourth-order valence-electron chi connectivity index (χ4n) is 4.57. The number of hydrogen-bond acceptors (Lipinski definition) is 7. The lowest BCUT2D eigenvalue weighted by Crippen LogP contribution is -2.31. The van der Waals surface area contributed by atoms with Crippen molar-refractivity contribution in [2.24, 2.45) is 0 Å². The van der Waals surface area contributed by atoms with Crippen LogP contribution in [0.5, 0.6) is 17.2 Å². The van der Waals surface area contributed by atoms with Crippen molar-refractivity contribution in [2.75, 3.05) is 26.4 Å². The molecule has 1 amide bonds. The van der Waals surface area contributed by atoms with Gasteiger partial charge in [-0.2, -0.15) is 0 Å². The van der Waals surface area contributed by atoms with Crippen molar-refractivity contribution in [1.82, 2.24) is 14.5 Å².